The zero-order valence-corrected chi connectivity index (χ0v) is 16.7. The number of aromatic nitrogens is 4. The fraction of sp³-hybridized carbons (Fsp3) is 0.182. The molecule has 0 atom stereocenters. The van der Waals surface area contributed by atoms with Gasteiger partial charge in [-0.3, -0.25) is 13.8 Å². The largest absolute Gasteiger partial charge is 0.463 e. The average molecular weight is 403 g/mol. The standard InChI is InChI=1S/C22H21N5O3/c1-3-30-20(28)13-10-15-8-11-16(12-9-15)23-14-19-24-25-22-26(2)21(29)17-6-4-5-7-18(17)27(19)22/h4-13,23H,3,14H2,1-2H3/b13-10+. The van der Waals surface area contributed by atoms with E-state index in [1.807, 2.05) is 46.9 Å². The molecule has 0 bridgehead atoms. The number of benzene rings is 2. The number of carbonyl (C=O) groups excluding carboxylic acids is 1. The maximum atomic E-state index is 12.5. The van der Waals surface area contributed by atoms with Crippen molar-refractivity contribution in [2.75, 3.05) is 11.9 Å². The van der Waals surface area contributed by atoms with Crippen LogP contribution in [0.4, 0.5) is 5.69 Å². The Morgan fingerprint density at radius 1 is 1.13 bits per heavy atom. The normalized spacial score (nSPS) is 11.4. The molecule has 8 nitrogen and oxygen atoms in total. The van der Waals surface area contributed by atoms with E-state index in [-0.39, 0.29) is 11.5 Å². The van der Waals surface area contributed by atoms with Crippen LogP contribution in [0, 0.1) is 0 Å². The van der Waals surface area contributed by atoms with Crippen LogP contribution in [0.3, 0.4) is 0 Å². The third kappa shape index (κ3) is 3.67. The van der Waals surface area contributed by atoms with Crippen molar-refractivity contribution in [1.29, 1.82) is 0 Å². The molecule has 30 heavy (non-hydrogen) atoms. The van der Waals surface area contributed by atoms with Gasteiger partial charge in [-0.15, -0.1) is 10.2 Å². The van der Waals surface area contributed by atoms with Gasteiger partial charge in [-0.05, 0) is 42.8 Å². The molecule has 0 amide bonds. The Balaban J connectivity index is 1.56. The van der Waals surface area contributed by atoms with Crippen molar-refractivity contribution in [2.45, 2.75) is 13.5 Å². The van der Waals surface area contributed by atoms with Crippen LogP contribution in [0.2, 0.25) is 0 Å². The summed E-state index contributed by atoms with van der Waals surface area (Å²) in [5.41, 5.74) is 2.46. The van der Waals surface area contributed by atoms with Crippen LogP contribution in [0.1, 0.15) is 18.3 Å². The summed E-state index contributed by atoms with van der Waals surface area (Å²) < 4.78 is 8.27. The number of fused-ring (bicyclic) bond motifs is 3. The van der Waals surface area contributed by atoms with E-state index in [0.29, 0.717) is 30.1 Å². The fourth-order valence-corrected chi connectivity index (χ4v) is 3.25. The van der Waals surface area contributed by atoms with Crippen molar-refractivity contribution in [3.05, 3.63) is 76.3 Å². The zero-order valence-electron chi connectivity index (χ0n) is 16.7. The number of para-hydroxylation sites is 1. The molecule has 4 rings (SSSR count). The Hall–Kier alpha value is -3.94. The minimum atomic E-state index is -0.361. The van der Waals surface area contributed by atoms with Crippen LogP contribution < -0.4 is 10.9 Å². The van der Waals surface area contributed by atoms with Crippen LogP contribution in [0.25, 0.3) is 22.8 Å². The molecule has 0 fully saturated rings. The lowest BCUT2D eigenvalue weighted by molar-refractivity contribution is -0.137. The van der Waals surface area contributed by atoms with Crippen LogP contribution >= 0.6 is 0 Å². The minimum absolute atomic E-state index is 0.100. The van der Waals surface area contributed by atoms with E-state index in [4.69, 9.17) is 4.74 Å². The number of aryl methyl sites for hydroxylation is 1. The van der Waals surface area contributed by atoms with Crippen LogP contribution in [0.5, 0.6) is 0 Å². The summed E-state index contributed by atoms with van der Waals surface area (Å²) in [7, 11) is 1.69. The Morgan fingerprint density at radius 2 is 1.90 bits per heavy atom. The number of carbonyl (C=O) groups is 1. The van der Waals surface area contributed by atoms with Gasteiger partial charge in [0.25, 0.3) is 5.56 Å². The van der Waals surface area contributed by atoms with Gasteiger partial charge in [0, 0.05) is 18.8 Å². The predicted octanol–water partition coefficient (Wildman–Crippen LogP) is 2.77. The number of nitrogens with zero attached hydrogens (tertiary/aromatic N) is 4. The molecule has 1 N–H and O–H groups in total. The number of esters is 1. The van der Waals surface area contributed by atoms with Crippen LogP contribution in [-0.4, -0.2) is 31.7 Å². The number of anilines is 1. The summed E-state index contributed by atoms with van der Waals surface area (Å²) in [6.45, 7) is 2.56. The maximum Gasteiger partial charge on any atom is 0.330 e. The third-order valence-electron chi connectivity index (χ3n) is 4.75. The molecule has 152 valence electrons. The molecule has 0 aliphatic rings. The number of rotatable bonds is 6. The molecular formula is C22H21N5O3. The third-order valence-corrected chi connectivity index (χ3v) is 4.75. The molecule has 0 unspecified atom stereocenters. The van der Waals surface area contributed by atoms with E-state index in [1.165, 1.54) is 10.6 Å². The Kier molecular flexibility index (Phi) is 5.30. The number of hydrogen-bond donors (Lipinski definition) is 1. The molecule has 4 aromatic rings. The molecular weight excluding hydrogens is 382 g/mol. The lowest BCUT2D eigenvalue weighted by Gasteiger charge is -2.09. The fourth-order valence-electron chi connectivity index (χ4n) is 3.25. The van der Waals surface area contributed by atoms with Crippen molar-refractivity contribution in [2.24, 2.45) is 7.05 Å². The number of nitrogens with one attached hydrogen (secondary N) is 1. The smallest absolute Gasteiger partial charge is 0.330 e. The molecule has 0 aliphatic heterocycles. The van der Waals surface area contributed by atoms with Gasteiger partial charge >= 0.3 is 5.97 Å². The lowest BCUT2D eigenvalue weighted by Crippen LogP contribution is -2.20. The van der Waals surface area contributed by atoms with E-state index >= 15 is 0 Å². The van der Waals surface area contributed by atoms with Gasteiger partial charge in [0.2, 0.25) is 5.78 Å². The van der Waals surface area contributed by atoms with E-state index in [0.717, 1.165) is 16.8 Å². The average Bonchev–Trinajstić information content (AvgIpc) is 3.20. The van der Waals surface area contributed by atoms with E-state index in [1.54, 1.807) is 26.1 Å². The summed E-state index contributed by atoms with van der Waals surface area (Å²) in [6, 6.07) is 15.1. The van der Waals surface area contributed by atoms with Crippen LogP contribution in [-0.2, 0) is 23.1 Å². The molecule has 0 radical (unpaired) electrons. The molecule has 0 saturated carbocycles. The van der Waals surface area contributed by atoms with Crippen molar-refractivity contribution < 1.29 is 9.53 Å². The van der Waals surface area contributed by atoms with Gasteiger partial charge in [0.15, 0.2) is 5.82 Å². The minimum Gasteiger partial charge on any atom is -0.463 e. The summed E-state index contributed by atoms with van der Waals surface area (Å²) in [5, 5.41) is 12.4. The summed E-state index contributed by atoms with van der Waals surface area (Å²) in [5.74, 6) is 0.832. The molecule has 0 aliphatic carbocycles. The van der Waals surface area contributed by atoms with E-state index in [9.17, 15) is 9.59 Å². The Labute approximate surface area is 172 Å². The van der Waals surface area contributed by atoms with Crippen molar-refractivity contribution in [1.82, 2.24) is 19.2 Å². The molecule has 2 aromatic carbocycles. The first kappa shape index (κ1) is 19.4. The highest BCUT2D eigenvalue weighted by Crippen LogP contribution is 2.16. The van der Waals surface area contributed by atoms with Gasteiger partial charge in [-0.1, -0.05) is 24.3 Å². The van der Waals surface area contributed by atoms with Crippen molar-refractivity contribution in [3.63, 3.8) is 0 Å². The lowest BCUT2D eigenvalue weighted by atomic mass is 10.2. The van der Waals surface area contributed by atoms with Gasteiger partial charge in [0.1, 0.15) is 0 Å². The highest BCUT2D eigenvalue weighted by molar-refractivity contribution is 5.87. The Morgan fingerprint density at radius 3 is 2.67 bits per heavy atom. The Bertz CT molecular complexity index is 1300. The van der Waals surface area contributed by atoms with Gasteiger partial charge in [-0.25, -0.2) is 4.79 Å². The number of ether oxygens (including phenoxy) is 1. The van der Waals surface area contributed by atoms with Crippen molar-refractivity contribution >= 4 is 34.4 Å². The topological polar surface area (TPSA) is 90.5 Å². The summed E-state index contributed by atoms with van der Waals surface area (Å²) >= 11 is 0. The summed E-state index contributed by atoms with van der Waals surface area (Å²) in [4.78, 5) is 23.9. The van der Waals surface area contributed by atoms with Gasteiger partial charge < -0.3 is 10.1 Å². The predicted molar refractivity (Wildman–Crippen MR) is 115 cm³/mol. The highest BCUT2D eigenvalue weighted by Gasteiger charge is 2.14. The molecule has 0 spiro atoms. The molecule has 2 heterocycles. The van der Waals surface area contributed by atoms with Gasteiger partial charge in [0.05, 0.1) is 24.1 Å². The monoisotopic (exact) mass is 403 g/mol. The second-order valence-corrected chi connectivity index (χ2v) is 6.69. The quantitative estimate of drug-likeness (QED) is 0.393. The first-order valence-corrected chi connectivity index (χ1v) is 9.59. The second-order valence-electron chi connectivity index (χ2n) is 6.69. The van der Waals surface area contributed by atoms with Crippen LogP contribution in [0.15, 0.2) is 59.4 Å². The highest BCUT2D eigenvalue weighted by atomic mass is 16.5. The molecule has 2 aromatic heterocycles. The number of hydrogen-bond acceptors (Lipinski definition) is 6. The first-order valence-electron chi connectivity index (χ1n) is 9.59. The SMILES string of the molecule is CCOC(=O)/C=C/c1ccc(NCc2nnc3n(C)c(=O)c4ccccc4n23)cc1. The summed E-state index contributed by atoms with van der Waals surface area (Å²) in [6.07, 6.45) is 3.12. The molecule has 8 heteroatoms. The van der Waals surface area contributed by atoms with E-state index < -0.39 is 0 Å². The molecule has 0 saturated heterocycles. The van der Waals surface area contributed by atoms with Crippen molar-refractivity contribution in [3.8, 4) is 0 Å². The first-order chi connectivity index (χ1) is 14.6. The maximum absolute atomic E-state index is 12.5. The van der Waals surface area contributed by atoms with Gasteiger partial charge in [-0.2, -0.15) is 0 Å². The second kappa shape index (κ2) is 8.20. The zero-order chi connectivity index (χ0) is 21.1. The van der Waals surface area contributed by atoms with E-state index in [2.05, 4.69) is 15.5 Å².